The lowest BCUT2D eigenvalue weighted by molar-refractivity contribution is -0.384. The number of sulfonamides is 1. The SMILES string of the molecule is NS(=O)(=O)C1CC(=O)N(c2c(F)cc(F)cc2[N+](=O)[O-])C1. The molecule has 1 amide bonds. The van der Waals surface area contributed by atoms with E-state index in [1.807, 2.05) is 0 Å². The zero-order chi connectivity index (χ0) is 15.9. The average molecular weight is 321 g/mol. The van der Waals surface area contributed by atoms with Crippen molar-refractivity contribution in [2.75, 3.05) is 11.4 Å². The summed E-state index contributed by atoms with van der Waals surface area (Å²) < 4.78 is 49.3. The topological polar surface area (TPSA) is 124 Å². The Hall–Kier alpha value is -2.14. The maximum atomic E-state index is 13.8. The Morgan fingerprint density at radius 3 is 2.48 bits per heavy atom. The van der Waals surface area contributed by atoms with Crippen LogP contribution >= 0.6 is 0 Å². The first-order valence-electron chi connectivity index (χ1n) is 5.56. The maximum Gasteiger partial charge on any atom is 0.298 e. The minimum Gasteiger partial charge on any atom is -0.303 e. The summed E-state index contributed by atoms with van der Waals surface area (Å²) in [5.74, 6) is -3.36. The average Bonchev–Trinajstić information content (AvgIpc) is 2.70. The summed E-state index contributed by atoms with van der Waals surface area (Å²) >= 11 is 0. The predicted molar refractivity (Wildman–Crippen MR) is 66.9 cm³/mol. The fraction of sp³-hybridized carbons (Fsp3) is 0.300. The Balaban J connectivity index is 2.53. The molecule has 114 valence electrons. The number of nitro benzene ring substituents is 1. The number of rotatable bonds is 3. The highest BCUT2D eigenvalue weighted by Crippen LogP contribution is 2.35. The van der Waals surface area contributed by atoms with Gasteiger partial charge in [0.1, 0.15) is 11.1 Å². The summed E-state index contributed by atoms with van der Waals surface area (Å²) in [6.07, 6.45) is -0.521. The van der Waals surface area contributed by atoms with Crippen LogP contribution in [0.25, 0.3) is 0 Å². The number of hydrogen-bond donors (Lipinski definition) is 1. The fourth-order valence-corrected chi connectivity index (χ4v) is 2.80. The largest absolute Gasteiger partial charge is 0.303 e. The van der Waals surface area contributed by atoms with Crippen LogP contribution in [0, 0.1) is 21.7 Å². The van der Waals surface area contributed by atoms with Gasteiger partial charge in [0.15, 0.2) is 11.5 Å². The molecule has 0 spiro atoms. The van der Waals surface area contributed by atoms with Gasteiger partial charge in [0.2, 0.25) is 15.9 Å². The first-order chi connectivity index (χ1) is 9.61. The van der Waals surface area contributed by atoms with E-state index < -0.39 is 62.1 Å². The molecule has 0 aliphatic carbocycles. The third kappa shape index (κ3) is 2.83. The van der Waals surface area contributed by atoms with Crippen LogP contribution in [-0.4, -0.2) is 31.0 Å². The van der Waals surface area contributed by atoms with Crippen molar-refractivity contribution >= 4 is 27.3 Å². The Labute approximate surface area is 117 Å². The van der Waals surface area contributed by atoms with E-state index in [2.05, 4.69) is 0 Å². The molecule has 1 unspecified atom stereocenters. The molecule has 1 atom stereocenters. The number of nitro groups is 1. The van der Waals surface area contributed by atoms with Gasteiger partial charge in [0.05, 0.1) is 11.0 Å². The van der Waals surface area contributed by atoms with Crippen molar-refractivity contribution in [3.8, 4) is 0 Å². The van der Waals surface area contributed by atoms with Crippen molar-refractivity contribution in [1.82, 2.24) is 0 Å². The first-order valence-corrected chi connectivity index (χ1v) is 7.17. The van der Waals surface area contributed by atoms with E-state index in [1.165, 1.54) is 0 Å². The zero-order valence-corrected chi connectivity index (χ0v) is 11.1. The third-order valence-corrected chi connectivity index (χ3v) is 4.27. The molecule has 0 saturated carbocycles. The van der Waals surface area contributed by atoms with E-state index in [9.17, 15) is 32.1 Å². The van der Waals surface area contributed by atoms with Gasteiger partial charge in [-0.05, 0) is 0 Å². The second-order valence-electron chi connectivity index (χ2n) is 4.43. The summed E-state index contributed by atoms with van der Waals surface area (Å²) in [4.78, 5) is 22.2. The summed E-state index contributed by atoms with van der Waals surface area (Å²) in [5, 5.41) is 14.5. The van der Waals surface area contributed by atoms with Gasteiger partial charge in [-0.2, -0.15) is 0 Å². The quantitative estimate of drug-likeness (QED) is 0.632. The number of amides is 1. The number of primary sulfonamides is 1. The Kier molecular flexibility index (Phi) is 3.63. The Bertz CT molecular complexity index is 736. The summed E-state index contributed by atoms with van der Waals surface area (Å²) in [6, 6.07) is 0.829. The lowest BCUT2D eigenvalue weighted by atomic mass is 10.2. The minimum atomic E-state index is -4.06. The standard InChI is InChI=1S/C10H9F2N3O5S/c11-5-1-7(12)10(8(2-5)15(17)18)14-4-6(3-9(14)16)21(13,19)20/h1-2,6H,3-4H2,(H2,13,19,20). The van der Waals surface area contributed by atoms with Gasteiger partial charge >= 0.3 is 0 Å². The normalized spacial score (nSPS) is 19.1. The van der Waals surface area contributed by atoms with Crippen LogP contribution in [0.1, 0.15) is 6.42 Å². The highest BCUT2D eigenvalue weighted by atomic mass is 32.2. The van der Waals surface area contributed by atoms with Gasteiger partial charge in [-0.1, -0.05) is 0 Å². The number of nitrogens with two attached hydrogens (primary N) is 1. The second-order valence-corrected chi connectivity index (χ2v) is 6.28. The van der Waals surface area contributed by atoms with Gasteiger partial charge < -0.3 is 4.90 Å². The van der Waals surface area contributed by atoms with Crippen molar-refractivity contribution in [3.05, 3.63) is 33.9 Å². The highest BCUT2D eigenvalue weighted by molar-refractivity contribution is 7.89. The first kappa shape index (κ1) is 15.3. The van der Waals surface area contributed by atoms with Crippen LogP contribution in [0.3, 0.4) is 0 Å². The van der Waals surface area contributed by atoms with Crippen LogP contribution in [0.15, 0.2) is 12.1 Å². The highest BCUT2D eigenvalue weighted by Gasteiger charge is 2.41. The maximum absolute atomic E-state index is 13.8. The zero-order valence-electron chi connectivity index (χ0n) is 10.3. The van der Waals surface area contributed by atoms with Crippen LogP contribution in [0.4, 0.5) is 20.2 Å². The van der Waals surface area contributed by atoms with Crippen LogP contribution in [0.2, 0.25) is 0 Å². The van der Waals surface area contributed by atoms with Crippen LogP contribution in [0.5, 0.6) is 0 Å². The molecule has 1 fully saturated rings. The summed E-state index contributed by atoms with van der Waals surface area (Å²) in [5.41, 5.74) is -1.73. The molecule has 0 aromatic heterocycles. The molecule has 1 aliphatic heterocycles. The van der Waals surface area contributed by atoms with E-state index >= 15 is 0 Å². The number of carbonyl (C=O) groups is 1. The minimum absolute atomic E-state index is 0.375. The lowest BCUT2D eigenvalue weighted by Gasteiger charge is -2.17. The van der Waals surface area contributed by atoms with Gasteiger partial charge in [-0.25, -0.2) is 22.3 Å². The van der Waals surface area contributed by atoms with Gasteiger partial charge in [0.25, 0.3) is 5.69 Å². The predicted octanol–water partition coefficient (Wildman–Crippen LogP) is 0.267. The van der Waals surface area contributed by atoms with E-state index in [1.54, 1.807) is 0 Å². The van der Waals surface area contributed by atoms with Crippen molar-refractivity contribution < 1.29 is 26.9 Å². The molecule has 8 nitrogen and oxygen atoms in total. The molecule has 0 radical (unpaired) electrons. The van der Waals surface area contributed by atoms with Crippen molar-refractivity contribution in [2.24, 2.45) is 5.14 Å². The molecule has 1 aromatic rings. The monoisotopic (exact) mass is 321 g/mol. The fourth-order valence-electron chi connectivity index (χ4n) is 2.07. The molecular formula is C10H9F2N3O5S. The van der Waals surface area contributed by atoms with Crippen molar-refractivity contribution in [1.29, 1.82) is 0 Å². The van der Waals surface area contributed by atoms with E-state index in [0.29, 0.717) is 17.0 Å². The number of anilines is 1. The summed E-state index contributed by atoms with van der Waals surface area (Å²) in [7, 11) is -4.06. The van der Waals surface area contributed by atoms with Crippen LogP contribution in [-0.2, 0) is 14.8 Å². The van der Waals surface area contributed by atoms with Crippen molar-refractivity contribution in [2.45, 2.75) is 11.7 Å². The van der Waals surface area contributed by atoms with E-state index in [-0.39, 0.29) is 0 Å². The summed E-state index contributed by atoms with van der Waals surface area (Å²) in [6.45, 7) is -0.527. The van der Waals surface area contributed by atoms with Gasteiger partial charge in [0, 0.05) is 19.0 Å². The van der Waals surface area contributed by atoms with Gasteiger partial charge in [-0.3, -0.25) is 14.9 Å². The van der Waals surface area contributed by atoms with Crippen LogP contribution < -0.4 is 10.0 Å². The smallest absolute Gasteiger partial charge is 0.298 e. The molecule has 2 rings (SSSR count). The molecule has 1 aromatic carbocycles. The number of benzene rings is 1. The third-order valence-electron chi connectivity index (χ3n) is 3.03. The number of halogens is 2. The Morgan fingerprint density at radius 2 is 2.00 bits per heavy atom. The van der Waals surface area contributed by atoms with E-state index in [0.717, 1.165) is 0 Å². The molecule has 1 heterocycles. The number of nitrogens with zero attached hydrogens (tertiary/aromatic N) is 2. The Morgan fingerprint density at radius 1 is 1.38 bits per heavy atom. The second kappa shape index (κ2) is 5.00. The molecule has 11 heteroatoms. The molecular weight excluding hydrogens is 312 g/mol. The van der Waals surface area contributed by atoms with Crippen molar-refractivity contribution in [3.63, 3.8) is 0 Å². The molecule has 21 heavy (non-hydrogen) atoms. The van der Waals surface area contributed by atoms with E-state index in [4.69, 9.17) is 5.14 Å². The van der Waals surface area contributed by atoms with Gasteiger partial charge in [-0.15, -0.1) is 0 Å². The number of carbonyl (C=O) groups excluding carboxylic acids is 1. The lowest BCUT2D eigenvalue weighted by Crippen LogP contribution is -2.32. The molecule has 1 aliphatic rings. The number of hydrogen-bond acceptors (Lipinski definition) is 5. The molecule has 2 N–H and O–H groups in total. The molecule has 0 bridgehead atoms. The molecule has 1 saturated heterocycles.